The minimum absolute atomic E-state index is 0.0430. The molecule has 5 heteroatoms. The molecule has 2 N–H and O–H groups in total. The fraction of sp³-hybridized carbons (Fsp3) is 0.727. The molecule has 0 radical (unpaired) electrons. The first-order valence-corrected chi connectivity index (χ1v) is 5.71. The van der Waals surface area contributed by atoms with E-state index >= 15 is 0 Å². The molecule has 90 valence electrons. The van der Waals surface area contributed by atoms with Crippen LogP contribution in [0.4, 0.5) is 0 Å². The van der Waals surface area contributed by atoms with Crippen molar-refractivity contribution in [1.29, 1.82) is 0 Å². The third-order valence-corrected chi connectivity index (χ3v) is 3.42. The summed E-state index contributed by atoms with van der Waals surface area (Å²) in [5.74, 6) is 0. The standard InChI is InChI=1S/C11H21N5/c1-14-4-5-15(2)10(8-14)11(12)9-6-13-16(3)7-9/h6-7,10-11H,4-5,8,12H2,1-3H3. The summed E-state index contributed by atoms with van der Waals surface area (Å²) in [5.41, 5.74) is 7.43. The Kier molecular flexibility index (Phi) is 3.28. The number of hydrogen-bond donors (Lipinski definition) is 1. The molecule has 16 heavy (non-hydrogen) atoms. The van der Waals surface area contributed by atoms with Crippen LogP contribution in [0.5, 0.6) is 0 Å². The smallest absolute Gasteiger partial charge is 0.0538 e. The van der Waals surface area contributed by atoms with Gasteiger partial charge < -0.3 is 10.6 Å². The van der Waals surface area contributed by atoms with E-state index in [1.165, 1.54) is 0 Å². The molecule has 1 aromatic heterocycles. The molecule has 0 aromatic carbocycles. The molecule has 1 aliphatic rings. The van der Waals surface area contributed by atoms with Crippen LogP contribution in [0.25, 0.3) is 0 Å². The first-order valence-electron chi connectivity index (χ1n) is 5.71. The van der Waals surface area contributed by atoms with Gasteiger partial charge in [0, 0.05) is 50.5 Å². The van der Waals surface area contributed by atoms with E-state index in [4.69, 9.17) is 5.73 Å². The molecule has 0 spiro atoms. The van der Waals surface area contributed by atoms with Crippen molar-refractivity contribution in [1.82, 2.24) is 19.6 Å². The third kappa shape index (κ3) is 2.26. The van der Waals surface area contributed by atoms with Crippen molar-refractivity contribution in [2.45, 2.75) is 12.1 Å². The zero-order valence-electron chi connectivity index (χ0n) is 10.3. The van der Waals surface area contributed by atoms with Crippen LogP contribution in [-0.4, -0.2) is 59.4 Å². The molecule has 0 aliphatic carbocycles. The van der Waals surface area contributed by atoms with Gasteiger partial charge in [-0.2, -0.15) is 5.10 Å². The molecule has 2 heterocycles. The van der Waals surface area contributed by atoms with Crippen LogP contribution in [-0.2, 0) is 7.05 Å². The highest BCUT2D eigenvalue weighted by atomic mass is 15.3. The Morgan fingerprint density at radius 3 is 2.75 bits per heavy atom. The van der Waals surface area contributed by atoms with Gasteiger partial charge in [-0.15, -0.1) is 0 Å². The molecule has 1 aliphatic heterocycles. The Bertz CT molecular complexity index is 348. The molecular weight excluding hydrogens is 202 g/mol. The lowest BCUT2D eigenvalue weighted by molar-refractivity contribution is 0.0974. The van der Waals surface area contributed by atoms with Crippen LogP contribution < -0.4 is 5.73 Å². The number of likely N-dealkylation sites (N-methyl/N-ethyl adjacent to an activating group) is 2. The molecule has 2 unspecified atom stereocenters. The van der Waals surface area contributed by atoms with Crippen molar-refractivity contribution in [2.24, 2.45) is 12.8 Å². The predicted octanol–water partition coefficient (Wildman–Crippen LogP) is -0.334. The van der Waals surface area contributed by atoms with Crippen molar-refractivity contribution in [3.05, 3.63) is 18.0 Å². The van der Waals surface area contributed by atoms with Crippen molar-refractivity contribution in [2.75, 3.05) is 33.7 Å². The van der Waals surface area contributed by atoms with Gasteiger partial charge in [0.1, 0.15) is 0 Å². The van der Waals surface area contributed by atoms with Crippen molar-refractivity contribution < 1.29 is 0 Å². The van der Waals surface area contributed by atoms with Crippen LogP contribution in [0.15, 0.2) is 12.4 Å². The van der Waals surface area contributed by atoms with Gasteiger partial charge in [0.15, 0.2) is 0 Å². The summed E-state index contributed by atoms with van der Waals surface area (Å²) in [6.07, 6.45) is 3.88. The van der Waals surface area contributed by atoms with Crippen molar-refractivity contribution in [3.8, 4) is 0 Å². The van der Waals surface area contributed by atoms with E-state index in [1.54, 1.807) is 0 Å². The topological polar surface area (TPSA) is 50.3 Å². The normalized spacial score (nSPS) is 25.9. The number of rotatable bonds is 2. The van der Waals surface area contributed by atoms with Crippen LogP contribution >= 0.6 is 0 Å². The minimum Gasteiger partial charge on any atom is -0.323 e. The third-order valence-electron chi connectivity index (χ3n) is 3.42. The first kappa shape index (κ1) is 11.6. The maximum Gasteiger partial charge on any atom is 0.0538 e. The second-order valence-corrected chi connectivity index (χ2v) is 4.78. The monoisotopic (exact) mass is 223 g/mol. The zero-order chi connectivity index (χ0) is 11.7. The van der Waals surface area contributed by atoms with E-state index < -0.39 is 0 Å². The lowest BCUT2D eigenvalue weighted by Crippen LogP contribution is -2.54. The van der Waals surface area contributed by atoms with E-state index in [1.807, 2.05) is 24.1 Å². The van der Waals surface area contributed by atoms with Crippen LogP contribution in [0.2, 0.25) is 0 Å². The Labute approximate surface area is 96.8 Å². The summed E-state index contributed by atoms with van der Waals surface area (Å²) in [7, 11) is 6.22. The summed E-state index contributed by atoms with van der Waals surface area (Å²) in [6, 6.07) is 0.421. The minimum atomic E-state index is 0.0430. The quantitative estimate of drug-likeness (QED) is 0.745. The Morgan fingerprint density at radius 2 is 2.12 bits per heavy atom. The maximum atomic E-state index is 6.31. The summed E-state index contributed by atoms with van der Waals surface area (Å²) in [6.45, 7) is 3.22. The van der Waals surface area contributed by atoms with Gasteiger partial charge in [0.05, 0.1) is 6.20 Å². The summed E-state index contributed by atoms with van der Waals surface area (Å²) in [4.78, 5) is 4.68. The van der Waals surface area contributed by atoms with E-state index in [0.29, 0.717) is 6.04 Å². The SMILES string of the molecule is CN1CCN(C)C(C(N)c2cnn(C)c2)C1. The van der Waals surface area contributed by atoms with Crippen LogP contribution in [0, 0.1) is 0 Å². The molecule has 0 amide bonds. The van der Waals surface area contributed by atoms with E-state index in [2.05, 4.69) is 29.0 Å². The number of piperazine rings is 1. The largest absolute Gasteiger partial charge is 0.323 e. The first-order chi connectivity index (χ1) is 7.58. The maximum absolute atomic E-state index is 6.31. The summed E-state index contributed by atoms with van der Waals surface area (Å²) >= 11 is 0. The van der Waals surface area contributed by atoms with Gasteiger partial charge in [0.2, 0.25) is 0 Å². The van der Waals surface area contributed by atoms with Crippen LogP contribution in [0.1, 0.15) is 11.6 Å². The number of hydrogen-bond acceptors (Lipinski definition) is 4. The van der Waals surface area contributed by atoms with Gasteiger partial charge >= 0.3 is 0 Å². The van der Waals surface area contributed by atoms with Gasteiger partial charge in [-0.3, -0.25) is 9.58 Å². The summed E-state index contributed by atoms with van der Waals surface area (Å²) in [5, 5.41) is 4.18. The number of nitrogens with two attached hydrogens (primary N) is 1. The van der Waals surface area contributed by atoms with Gasteiger partial charge in [-0.1, -0.05) is 0 Å². The molecule has 2 atom stereocenters. The van der Waals surface area contributed by atoms with Crippen LogP contribution in [0.3, 0.4) is 0 Å². The zero-order valence-corrected chi connectivity index (χ0v) is 10.3. The highest BCUT2D eigenvalue weighted by Crippen LogP contribution is 2.20. The predicted molar refractivity (Wildman–Crippen MR) is 64.1 cm³/mol. The lowest BCUT2D eigenvalue weighted by Gasteiger charge is -2.40. The highest BCUT2D eigenvalue weighted by Gasteiger charge is 2.28. The van der Waals surface area contributed by atoms with Crippen molar-refractivity contribution >= 4 is 0 Å². The molecule has 1 aromatic rings. The van der Waals surface area contributed by atoms with Gasteiger partial charge in [-0.25, -0.2) is 0 Å². The number of aromatic nitrogens is 2. The second-order valence-electron chi connectivity index (χ2n) is 4.78. The molecule has 0 bridgehead atoms. The molecule has 1 fully saturated rings. The van der Waals surface area contributed by atoms with E-state index in [0.717, 1.165) is 25.2 Å². The molecular formula is C11H21N5. The lowest BCUT2D eigenvalue weighted by atomic mass is 10.00. The number of nitrogens with zero attached hydrogens (tertiary/aromatic N) is 4. The highest BCUT2D eigenvalue weighted by molar-refractivity contribution is 5.13. The fourth-order valence-electron chi connectivity index (χ4n) is 2.27. The molecule has 0 saturated carbocycles. The Hall–Kier alpha value is -0.910. The molecule has 5 nitrogen and oxygen atoms in total. The average molecular weight is 223 g/mol. The molecule has 1 saturated heterocycles. The van der Waals surface area contributed by atoms with E-state index in [9.17, 15) is 0 Å². The second kappa shape index (κ2) is 4.53. The average Bonchev–Trinajstić information content (AvgIpc) is 2.67. The Morgan fingerprint density at radius 1 is 1.38 bits per heavy atom. The van der Waals surface area contributed by atoms with Gasteiger partial charge in [-0.05, 0) is 14.1 Å². The summed E-state index contributed by atoms with van der Waals surface area (Å²) < 4.78 is 1.81. The molecule has 2 rings (SSSR count). The Balaban J connectivity index is 2.10. The fourth-order valence-corrected chi connectivity index (χ4v) is 2.27. The number of aryl methyl sites for hydroxylation is 1. The van der Waals surface area contributed by atoms with E-state index in [-0.39, 0.29) is 6.04 Å². The van der Waals surface area contributed by atoms with Crippen molar-refractivity contribution in [3.63, 3.8) is 0 Å². The van der Waals surface area contributed by atoms with Gasteiger partial charge in [0.25, 0.3) is 0 Å².